The second-order valence-electron chi connectivity index (χ2n) is 12.1. The Balaban J connectivity index is 0.000000194. The van der Waals surface area contributed by atoms with Gasteiger partial charge in [-0.3, -0.25) is 4.79 Å². The smallest absolute Gasteiger partial charge is 0.487 e. The molecule has 0 atom stereocenters. The van der Waals surface area contributed by atoms with E-state index in [9.17, 15) is 26.4 Å². The van der Waals surface area contributed by atoms with E-state index in [1.807, 2.05) is 0 Å². The average Bonchev–Trinajstić information content (AvgIpc) is 3.26. The fraction of sp³-hybridized carbons (Fsp3) is 0.0638. The Hall–Kier alpha value is -5.06. The molecule has 0 aromatic heterocycles. The van der Waals surface area contributed by atoms with Crippen molar-refractivity contribution in [2.45, 2.75) is 12.4 Å². The van der Waals surface area contributed by atoms with Crippen LogP contribution in [0.4, 0.5) is 18.9 Å². The standard InChI is InChI=1S/2C18H15P.C11H10F3NO4S.Pd/c2*1-4-10-16(11-5-1)19(17-12-6-2-7-13-17)18-14-8-3-9-15-18;1-2-19-10(16)8-15(9-6-4-3-5-7-9)20(17,18)11(12,13)14;/h2*1-15H;3-6,8H,2H2,1H3;/q;;-2;+2. The van der Waals surface area contributed by atoms with E-state index in [1.165, 1.54) is 57.0 Å². The van der Waals surface area contributed by atoms with Crippen molar-refractivity contribution >= 4 is 69.4 Å². The van der Waals surface area contributed by atoms with Gasteiger partial charge in [-0.25, -0.2) is 0 Å². The van der Waals surface area contributed by atoms with Gasteiger partial charge in [-0.15, -0.1) is 6.07 Å². The molecule has 12 heteroatoms. The number of anilines is 1. The Kier molecular flexibility index (Phi) is 18.6. The molecule has 0 aliphatic carbocycles. The van der Waals surface area contributed by atoms with Crippen LogP contribution in [0.2, 0.25) is 0 Å². The maximum absolute atomic E-state index is 12.6. The Morgan fingerprint density at radius 1 is 0.559 bits per heavy atom. The van der Waals surface area contributed by atoms with Crippen LogP contribution < -0.4 is 36.1 Å². The summed E-state index contributed by atoms with van der Waals surface area (Å²) < 4.78 is 64.9. The Bertz CT molecular complexity index is 2050. The maximum Gasteiger partial charge on any atom is 2.00 e. The molecule has 304 valence electrons. The summed E-state index contributed by atoms with van der Waals surface area (Å²) >= 11 is 0. The number of ether oxygens (including phenoxy) is 1. The molecular weight excluding hydrogens is 900 g/mol. The first kappa shape index (κ1) is 46.6. The first-order chi connectivity index (χ1) is 28.1. The summed E-state index contributed by atoms with van der Waals surface area (Å²) in [7, 11) is -6.65. The summed E-state index contributed by atoms with van der Waals surface area (Å²) in [6.45, 7) is 1.55. The first-order valence-corrected chi connectivity index (χ1v) is 22.2. The van der Waals surface area contributed by atoms with Gasteiger partial charge in [0.25, 0.3) is 0 Å². The zero-order valence-corrected chi connectivity index (χ0v) is 35.9. The van der Waals surface area contributed by atoms with Crippen LogP contribution in [0, 0.1) is 12.6 Å². The van der Waals surface area contributed by atoms with Crippen LogP contribution in [-0.4, -0.2) is 26.5 Å². The largest absolute Gasteiger partial charge is 2.00 e. The van der Waals surface area contributed by atoms with Gasteiger partial charge in [0.05, 0.1) is 6.61 Å². The molecule has 0 unspecified atom stereocenters. The first-order valence-electron chi connectivity index (χ1n) is 18.1. The number of halogens is 3. The van der Waals surface area contributed by atoms with Crippen molar-refractivity contribution in [3.8, 4) is 0 Å². The molecule has 0 saturated carbocycles. The Morgan fingerprint density at radius 2 is 0.847 bits per heavy atom. The molecule has 0 aliphatic heterocycles. The third kappa shape index (κ3) is 13.5. The number of benzene rings is 7. The summed E-state index contributed by atoms with van der Waals surface area (Å²) in [6, 6.07) is 72.0. The summed E-state index contributed by atoms with van der Waals surface area (Å²) in [5, 5.41) is 8.39. The van der Waals surface area contributed by atoms with Crippen molar-refractivity contribution in [1.29, 1.82) is 0 Å². The van der Waals surface area contributed by atoms with Crippen molar-refractivity contribution < 1.29 is 51.5 Å². The van der Waals surface area contributed by atoms with Crippen LogP contribution in [0.1, 0.15) is 6.92 Å². The minimum Gasteiger partial charge on any atom is -0.487 e. The van der Waals surface area contributed by atoms with E-state index in [1.54, 1.807) is 0 Å². The number of alkyl halides is 3. The molecule has 7 aromatic rings. The van der Waals surface area contributed by atoms with Gasteiger partial charge in [-0.2, -0.15) is 52.4 Å². The molecule has 0 saturated heterocycles. The number of sulfonamides is 1. The van der Waals surface area contributed by atoms with Crippen LogP contribution in [-0.2, 0) is 40.0 Å². The third-order valence-corrected chi connectivity index (χ3v) is 14.4. The zero-order valence-electron chi connectivity index (χ0n) is 31.7. The number of para-hydroxylation sites is 1. The summed E-state index contributed by atoms with van der Waals surface area (Å²) in [4.78, 5) is 11.2. The van der Waals surface area contributed by atoms with Gasteiger partial charge in [0.15, 0.2) is 5.97 Å². The van der Waals surface area contributed by atoms with Gasteiger partial charge in [0.1, 0.15) is 0 Å². The molecule has 59 heavy (non-hydrogen) atoms. The molecular formula is C47H40F3NO4P2PdS. The number of hydrogen-bond acceptors (Lipinski definition) is 4. The minimum atomic E-state index is -5.76. The number of rotatable bonds is 11. The normalized spacial score (nSPS) is 10.8. The van der Waals surface area contributed by atoms with Crippen LogP contribution >= 0.6 is 15.8 Å². The SMILES string of the molecule is CCOC(=O)[CH-]N(c1[c-]cccc1)S(=O)(=O)C(F)(F)F.[Pd+2].c1ccc(P(c2ccccc2)c2ccccc2)cc1.c1ccc(P(c2ccccc2)c2ccccc2)cc1. The van der Waals surface area contributed by atoms with Crippen molar-refractivity contribution in [1.82, 2.24) is 0 Å². The van der Waals surface area contributed by atoms with E-state index in [0.717, 1.165) is 6.07 Å². The molecule has 0 spiro atoms. The molecule has 0 aliphatic rings. The number of carbonyl (C=O) groups is 1. The summed E-state index contributed by atoms with van der Waals surface area (Å²) in [5.74, 6) is -1.21. The minimum absolute atomic E-state index is 0. The van der Waals surface area contributed by atoms with Gasteiger partial charge >= 0.3 is 36.0 Å². The molecule has 7 aromatic carbocycles. The predicted octanol–water partition coefficient (Wildman–Crippen LogP) is 8.75. The van der Waals surface area contributed by atoms with Crippen molar-refractivity contribution in [3.05, 3.63) is 219 Å². The second kappa shape index (κ2) is 23.5. The molecule has 0 amide bonds. The van der Waals surface area contributed by atoms with E-state index in [4.69, 9.17) is 0 Å². The zero-order chi connectivity index (χ0) is 41.2. The number of nitrogens with zero attached hydrogens (tertiary/aromatic N) is 1. The Morgan fingerprint density at radius 3 is 1.08 bits per heavy atom. The number of carbonyl (C=O) groups excluding carboxylic acids is 1. The van der Waals surface area contributed by atoms with Gasteiger partial charge in [-0.1, -0.05) is 188 Å². The van der Waals surface area contributed by atoms with Crippen LogP contribution in [0.3, 0.4) is 0 Å². The molecule has 5 nitrogen and oxygen atoms in total. The van der Waals surface area contributed by atoms with Crippen molar-refractivity contribution in [3.63, 3.8) is 0 Å². The Labute approximate surface area is 361 Å². The molecule has 0 radical (unpaired) electrons. The number of esters is 1. The fourth-order valence-electron chi connectivity index (χ4n) is 5.53. The fourth-order valence-corrected chi connectivity index (χ4v) is 11.0. The van der Waals surface area contributed by atoms with Gasteiger partial charge in [-0.05, 0) is 54.6 Å². The van der Waals surface area contributed by atoms with Crippen molar-refractivity contribution in [2.24, 2.45) is 0 Å². The third-order valence-electron chi connectivity index (χ3n) is 8.08. The molecule has 0 N–H and O–H groups in total. The van der Waals surface area contributed by atoms with Crippen LogP contribution in [0.15, 0.2) is 206 Å². The predicted molar refractivity (Wildman–Crippen MR) is 234 cm³/mol. The molecule has 0 bridgehead atoms. The molecule has 0 heterocycles. The van der Waals surface area contributed by atoms with Crippen LogP contribution in [0.25, 0.3) is 0 Å². The van der Waals surface area contributed by atoms with E-state index < -0.39 is 43.0 Å². The van der Waals surface area contributed by atoms with E-state index in [-0.39, 0.29) is 37.9 Å². The topological polar surface area (TPSA) is 63.7 Å². The van der Waals surface area contributed by atoms with E-state index in [2.05, 4.69) is 193 Å². The molecule has 0 fully saturated rings. The average molecular weight is 940 g/mol. The van der Waals surface area contributed by atoms with E-state index in [0.29, 0.717) is 0 Å². The monoisotopic (exact) mass is 939 g/mol. The van der Waals surface area contributed by atoms with Gasteiger partial charge in [0, 0.05) is 0 Å². The summed E-state index contributed by atoms with van der Waals surface area (Å²) in [5.41, 5.74) is -6.00. The second-order valence-corrected chi connectivity index (χ2v) is 18.3. The van der Waals surface area contributed by atoms with Crippen molar-refractivity contribution in [2.75, 3.05) is 10.9 Å². The van der Waals surface area contributed by atoms with Gasteiger partial charge < -0.3 is 9.04 Å². The van der Waals surface area contributed by atoms with Crippen LogP contribution in [0.5, 0.6) is 0 Å². The summed E-state index contributed by atoms with van der Waals surface area (Å²) in [6.07, 6.45) is 0. The molecule has 7 rings (SSSR count). The van der Waals surface area contributed by atoms with E-state index >= 15 is 0 Å². The van der Waals surface area contributed by atoms with Gasteiger partial charge in [0.2, 0.25) is 0 Å². The number of hydrogen-bond donors (Lipinski definition) is 0. The maximum atomic E-state index is 12.6. The quantitative estimate of drug-likeness (QED) is 0.0564.